The summed E-state index contributed by atoms with van der Waals surface area (Å²) in [5, 5.41) is 0. The Balaban J connectivity index is 1.63. The molecule has 4 nitrogen and oxygen atoms in total. The zero-order chi connectivity index (χ0) is 13.9. The van der Waals surface area contributed by atoms with Gasteiger partial charge < -0.3 is 4.57 Å². The van der Waals surface area contributed by atoms with E-state index in [-0.39, 0.29) is 0 Å². The molecule has 2 atom stereocenters. The first-order valence-electron chi connectivity index (χ1n) is 7.98. The highest BCUT2D eigenvalue weighted by molar-refractivity contribution is 5.83. The van der Waals surface area contributed by atoms with E-state index in [1.54, 1.807) is 0 Å². The van der Waals surface area contributed by atoms with E-state index in [9.17, 15) is 4.79 Å². The molecule has 1 saturated carbocycles. The Bertz CT molecular complexity index is 468. The smallest absolute Gasteiger partial charge is 0.137 e. The van der Waals surface area contributed by atoms with Gasteiger partial charge in [-0.05, 0) is 32.2 Å². The fraction of sp³-hybridized carbons (Fsp3) is 0.750. The van der Waals surface area contributed by atoms with Gasteiger partial charge in [0, 0.05) is 50.8 Å². The van der Waals surface area contributed by atoms with Gasteiger partial charge in [0.2, 0.25) is 0 Å². The predicted molar refractivity (Wildman–Crippen MR) is 78.5 cm³/mol. The van der Waals surface area contributed by atoms with Gasteiger partial charge in [-0.1, -0.05) is 6.42 Å². The summed E-state index contributed by atoms with van der Waals surface area (Å²) in [6.07, 6.45) is 11.7. The molecule has 2 aliphatic rings. The third kappa shape index (κ3) is 2.80. The van der Waals surface area contributed by atoms with Crippen molar-refractivity contribution in [2.24, 2.45) is 13.0 Å². The van der Waals surface area contributed by atoms with E-state index in [0.717, 1.165) is 44.6 Å². The van der Waals surface area contributed by atoms with Crippen LogP contribution in [-0.4, -0.2) is 39.4 Å². The van der Waals surface area contributed by atoms with Gasteiger partial charge in [-0.25, -0.2) is 4.98 Å². The highest BCUT2D eigenvalue weighted by Crippen LogP contribution is 2.32. The number of likely N-dealkylation sites (tertiary alicyclic amines) is 1. The lowest BCUT2D eigenvalue weighted by molar-refractivity contribution is -0.123. The maximum atomic E-state index is 12.1. The summed E-state index contributed by atoms with van der Waals surface area (Å²) < 4.78 is 2.10. The lowest BCUT2D eigenvalue weighted by Crippen LogP contribution is -2.46. The van der Waals surface area contributed by atoms with Crippen LogP contribution >= 0.6 is 0 Å². The minimum absolute atomic E-state index is 0.316. The quantitative estimate of drug-likeness (QED) is 0.845. The zero-order valence-electron chi connectivity index (χ0n) is 12.4. The Hall–Kier alpha value is -1.16. The van der Waals surface area contributed by atoms with Gasteiger partial charge in [0.1, 0.15) is 11.6 Å². The molecule has 1 aliphatic heterocycles. The number of Topliss-reactive ketones (excluding diaryl/α,β-unsaturated/α-hetero) is 1. The van der Waals surface area contributed by atoms with E-state index in [1.807, 2.05) is 12.4 Å². The van der Waals surface area contributed by atoms with Crippen molar-refractivity contribution in [3.8, 4) is 0 Å². The van der Waals surface area contributed by atoms with Crippen LogP contribution in [0.2, 0.25) is 0 Å². The molecule has 0 spiro atoms. The normalized spacial score (nSPS) is 28.1. The number of carbonyl (C=O) groups excluding carboxylic acids is 1. The Morgan fingerprint density at radius 2 is 2.20 bits per heavy atom. The highest BCUT2D eigenvalue weighted by atomic mass is 16.1. The number of nitrogens with zero attached hydrogens (tertiary/aromatic N) is 3. The third-order valence-corrected chi connectivity index (χ3v) is 5.02. The Morgan fingerprint density at radius 3 is 2.90 bits per heavy atom. The molecule has 2 heterocycles. The van der Waals surface area contributed by atoms with Crippen molar-refractivity contribution < 1.29 is 4.79 Å². The van der Waals surface area contributed by atoms with Crippen LogP contribution < -0.4 is 0 Å². The molecule has 0 N–H and O–H groups in total. The summed E-state index contributed by atoms with van der Waals surface area (Å²) in [5.74, 6) is 1.97. The van der Waals surface area contributed by atoms with Crippen LogP contribution in [0.1, 0.15) is 44.3 Å². The molecule has 0 radical (unpaired) electrons. The second-order valence-electron chi connectivity index (χ2n) is 6.27. The number of carbonyl (C=O) groups is 1. The van der Waals surface area contributed by atoms with Crippen molar-refractivity contribution in [1.29, 1.82) is 0 Å². The number of imidazole rings is 1. The Labute approximate surface area is 121 Å². The van der Waals surface area contributed by atoms with Crippen LogP contribution in [0.25, 0.3) is 0 Å². The number of rotatable bonds is 4. The van der Waals surface area contributed by atoms with Crippen LogP contribution in [0.4, 0.5) is 0 Å². The van der Waals surface area contributed by atoms with Gasteiger partial charge in [-0.15, -0.1) is 0 Å². The molecule has 1 saturated heterocycles. The zero-order valence-corrected chi connectivity index (χ0v) is 12.4. The number of piperidine rings is 1. The molecule has 3 rings (SSSR count). The lowest BCUT2D eigenvalue weighted by Gasteiger charge is -2.38. The van der Waals surface area contributed by atoms with Crippen molar-refractivity contribution in [3.05, 3.63) is 18.2 Å². The lowest BCUT2D eigenvalue weighted by atomic mass is 9.88. The summed E-state index contributed by atoms with van der Waals surface area (Å²) >= 11 is 0. The number of aryl methyl sites for hydroxylation is 1. The minimum atomic E-state index is 0.316. The first-order chi connectivity index (χ1) is 9.75. The van der Waals surface area contributed by atoms with E-state index in [2.05, 4.69) is 21.5 Å². The van der Waals surface area contributed by atoms with Crippen molar-refractivity contribution in [2.45, 2.75) is 51.0 Å². The summed E-state index contributed by atoms with van der Waals surface area (Å²) in [6.45, 7) is 2.19. The van der Waals surface area contributed by atoms with Gasteiger partial charge in [0.25, 0.3) is 0 Å². The summed E-state index contributed by atoms with van der Waals surface area (Å²) in [7, 11) is 2.05. The standard InChI is InChI=1S/C16H25N3O/c1-18-12-9-17-16(18)8-11-19-10-3-2-6-14(19)13-5-4-7-15(13)20/h9,12-14H,2-8,10-11H2,1H3. The van der Waals surface area contributed by atoms with Crippen molar-refractivity contribution in [2.75, 3.05) is 13.1 Å². The molecule has 2 fully saturated rings. The summed E-state index contributed by atoms with van der Waals surface area (Å²) in [5.41, 5.74) is 0. The number of ketones is 1. The first kappa shape index (κ1) is 13.8. The number of aromatic nitrogens is 2. The molecule has 20 heavy (non-hydrogen) atoms. The predicted octanol–water partition coefficient (Wildman–Crippen LogP) is 2.19. The minimum Gasteiger partial charge on any atom is -0.338 e. The molecule has 2 unspecified atom stereocenters. The fourth-order valence-electron chi connectivity index (χ4n) is 3.88. The van der Waals surface area contributed by atoms with Gasteiger partial charge in [-0.3, -0.25) is 9.69 Å². The third-order valence-electron chi connectivity index (χ3n) is 5.02. The van der Waals surface area contributed by atoms with E-state index >= 15 is 0 Å². The highest BCUT2D eigenvalue weighted by Gasteiger charge is 2.36. The second kappa shape index (κ2) is 6.08. The molecule has 110 valence electrons. The largest absolute Gasteiger partial charge is 0.338 e. The van der Waals surface area contributed by atoms with Crippen LogP contribution in [-0.2, 0) is 18.3 Å². The molecule has 1 aromatic heterocycles. The summed E-state index contributed by atoms with van der Waals surface area (Å²) in [6, 6.07) is 0.499. The first-order valence-corrected chi connectivity index (χ1v) is 7.98. The average Bonchev–Trinajstić information content (AvgIpc) is 3.06. The number of hydrogen-bond acceptors (Lipinski definition) is 3. The number of hydrogen-bond donors (Lipinski definition) is 0. The SMILES string of the molecule is Cn1ccnc1CCN1CCCCC1C1CCCC1=O. The summed E-state index contributed by atoms with van der Waals surface area (Å²) in [4.78, 5) is 19.0. The van der Waals surface area contributed by atoms with Crippen molar-refractivity contribution in [1.82, 2.24) is 14.5 Å². The van der Waals surface area contributed by atoms with Gasteiger partial charge in [0.15, 0.2) is 0 Å². The molecule has 0 aromatic carbocycles. The van der Waals surface area contributed by atoms with Crippen LogP contribution in [0, 0.1) is 5.92 Å². The van der Waals surface area contributed by atoms with E-state index in [1.165, 1.54) is 19.3 Å². The van der Waals surface area contributed by atoms with Crippen molar-refractivity contribution in [3.63, 3.8) is 0 Å². The van der Waals surface area contributed by atoms with E-state index < -0.39 is 0 Å². The molecule has 0 bridgehead atoms. The maximum absolute atomic E-state index is 12.1. The molecule has 1 aromatic rings. The van der Waals surface area contributed by atoms with Crippen LogP contribution in [0.3, 0.4) is 0 Å². The molecule has 0 amide bonds. The Kier molecular flexibility index (Phi) is 4.20. The molecular weight excluding hydrogens is 250 g/mol. The average molecular weight is 275 g/mol. The van der Waals surface area contributed by atoms with Gasteiger partial charge >= 0.3 is 0 Å². The van der Waals surface area contributed by atoms with Crippen LogP contribution in [0.15, 0.2) is 12.4 Å². The second-order valence-corrected chi connectivity index (χ2v) is 6.27. The maximum Gasteiger partial charge on any atom is 0.137 e. The van der Waals surface area contributed by atoms with E-state index in [0.29, 0.717) is 17.7 Å². The topological polar surface area (TPSA) is 38.1 Å². The Morgan fingerprint density at radius 1 is 1.30 bits per heavy atom. The van der Waals surface area contributed by atoms with E-state index in [4.69, 9.17) is 0 Å². The van der Waals surface area contributed by atoms with Gasteiger partial charge in [-0.2, -0.15) is 0 Å². The monoisotopic (exact) mass is 275 g/mol. The molecule has 1 aliphatic carbocycles. The van der Waals surface area contributed by atoms with Gasteiger partial charge in [0.05, 0.1) is 0 Å². The fourth-order valence-corrected chi connectivity index (χ4v) is 3.88. The van der Waals surface area contributed by atoms with Crippen LogP contribution in [0.5, 0.6) is 0 Å². The molecular formula is C16H25N3O. The molecule has 4 heteroatoms. The van der Waals surface area contributed by atoms with Crippen molar-refractivity contribution >= 4 is 5.78 Å².